The smallest absolute Gasteiger partial charge is 0.349 e. The van der Waals surface area contributed by atoms with Gasteiger partial charge in [0.1, 0.15) is 17.4 Å². The number of ether oxygens (including phenoxy) is 2. The van der Waals surface area contributed by atoms with Gasteiger partial charge in [0.05, 0.1) is 13.2 Å². The van der Waals surface area contributed by atoms with E-state index in [0.29, 0.717) is 17.9 Å². The van der Waals surface area contributed by atoms with Gasteiger partial charge in [-0.05, 0) is 75.4 Å². The Labute approximate surface area is 236 Å². The number of rotatable bonds is 15. The molecular formula is C28H41NO7Si3. The van der Waals surface area contributed by atoms with Crippen molar-refractivity contribution >= 4 is 37.2 Å². The Balaban J connectivity index is 2.17. The fraction of sp³-hybridized carbons (Fsp3) is 0.429. The van der Waals surface area contributed by atoms with Gasteiger partial charge in [0, 0.05) is 19.8 Å². The molecule has 8 nitrogen and oxygen atoms in total. The molecule has 0 unspecified atom stereocenters. The van der Waals surface area contributed by atoms with Gasteiger partial charge in [-0.3, -0.25) is 0 Å². The Morgan fingerprint density at radius 2 is 1.38 bits per heavy atom. The van der Waals surface area contributed by atoms with E-state index >= 15 is 0 Å². The predicted molar refractivity (Wildman–Crippen MR) is 159 cm³/mol. The second-order valence-corrected chi connectivity index (χ2v) is 20.8. The highest BCUT2D eigenvalue weighted by molar-refractivity contribution is 6.85. The number of nitriles is 1. The van der Waals surface area contributed by atoms with E-state index in [9.17, 15) is 10.1 Å². The number of carbonyl (C=O) groups is 1. The highest BCUT2D eigenvalue weighted by atomic mass is 28.5. The Hall–Kier alpha value is -2.57. The number of hydrogen-bond donors (Lipinski definition) is 0. The summed E-state index contributed by atoms with van der Waals surface area (Å²) in [7, 11) is -3.86. The average molecular weight is 588 g/mol. The first-order chi connectivity index (χ1) is 18.4. The van der Waals surface area contributed by atoms with E-state index in [1.165, 1.54) is 0 Å². The maximum Gasteiger partial charge on any atom is 0.349 e. The van der Waals surface area contributed by atoms with E-state index < -0.39 is 31.7 Å². The van der Waals surface area contributed by atoms with Crippen molar-refractivity contribution in [1.82, 2.24) is 0 Å². The predicted octanol–water partition coefficient (Wildman–Crippen LogP) is 6.15. The molecule has 0 N–H and O–H groups in total. The lowest BCUT2D eigenvalue weighted by atomic mass is 9.93. The van der Waals surface area contributed by atoms with Crippen molar-refractivity contribution in [2.24, 2.45) is 0 Å². The molecule has 2 aromatic carbocycles. The average Bonchev–Trinajstić information content (AvgIpc) is 2.90. The molecule has 0 amide bonds. The third kappa shape index (κ3) is 10.2. The van der Waals surface area contributed by atoms with Gasteiger partial charge >= 0.3 is 31.7 Å². The molecule has 0 aliphatic heterocycles. The molecule has 0 radical (unpaired) electrons. The van der Waals surface area contributed by atoms with E-state index in [0.717, 1.165) is 23.6 Å². The minimum Gasteiger partial charge on any atom is -0.494 e. The molecule has 0 saturated carbocycles. The highest BCUT2D eigenvalue weighted by Gasteiger charge is 2.44. The molecule has 2 aromatic rings. The molecule has 0 bridgehead atoms. The lowest BCUT2D eigenvalue weighted by molar-refractivity contribution is -0.137. The van der Waals surface area contributed by atoms with Gasteiger partial charge in [-0.15, -0.1) is 0 Å². The second-order valence-electron chi connectivity index (χ2n) is 9.97. The first-order valence-electron chi connectivity index (χ1n) is 13.0. The van der Waals surface area contributed by atoms with E-state index in [1.807, 2.05) is 86.9 Å². The van der Waals surface area contributed by atoms with Gasteiger partial charge in [-0.2, -0.15) is 5.26 Å². The third-order valence-electron chi connectivity index (χ3n) is 6.00. The van der Waals surface area contributed by atoms with Crippen LogP contribution in [0.1, 0.15) is 24.5 Å². The first kappa shape index (κ1) is 32.6. The van der Waals surface area contributed by atoms with Crippen LogP contribution in [-0.4, -0.2) is 59.1 Å². The van der Waals surface area contributed by atoms with Gasteiger partial charge in [0.2, 0.25) is 0 Å². The van der Waals surface area contributed by atoms with Gasteiger partial charge in [0.15, 0.2) is 0 Å². The van der Waals surface area contributed by atoms with Crippen molar-refractivity contribution < 1.29 is 31.4 Å². The van der Waals surface area contributed by atoms with Gasteiger partial charge < -0.3 is 26.6 Å². The van der Waals surface area contributed by atoms with Gasteiger partial charge in [0.25, 0.3) is 0 Å². The largest absolute Gasteiger partial charge is 0.494 e. The van der Waals surface area contributed by atoms with Crippen molar-refractivity contribution in [3.8, 4) is 11.8 Å². The van der Waals surface area contributed by atoms with Crippen LogP contribution >= 0.6 is 0 Å². The van der Waals surface area contributed by atoms with E-state index in [4.69, 9.17) is 26.6 Å². The monoisotopic (exact) mass is 587 g/mol. The molecule has 0 fully saturated rings. The van der Waals surface area contributed by atoms with Gasteiger partial charge in [-0.25, -0.2) is 4.79 Å². The Morgan fingerprint density at radius 3 is 1.87 bits per heavy atom. The van der Waals surface area contributed by atoms with Crippen molar-refractivity contribution in [3.05, 3.63) is 71.3 Å². The molecule has 0 aromatic heterocycles. The fourth-order valence-corrected chi connectivity index (χ4v) is 15.1. The zero-order valence-electron chi connectivity index (χ0n) is 24.3. The minimum absolute atomic E-state index is 0.0361. The number of esters is 1. The Kier molecular flexibility index (Phi) is 12.3. The van der Waals surface area contributed by atoms with Crippen LogP contribution < -0.4 is 4.74 Å². The van der Waals surface area contributed by atoms with Crippen molar-refractivity contribution in [2.75, 3.05) is 27.4 Å². The number of nitrogens with zero attached hydrogens (tertiary/aromatic N) is 1. The summed E-state index contributed by atoms with van der Waals surface area (Å²) in [6, 6.07) is 19.5. The Morgan fingerprint density at radius 1 is 0.846 bits per heavy atom. The molecule has 212 valence electrons. The van der Waals surface area contributed by atoms with E-state index in [-0.39, 0.29) is 12.2 Å². The summed E-state index contributed by atoms with van der Waals surface area (Å²) < 4.78 is 35.4. The molecule has 0 aliphatic carbocycles. The van der Waals surface area contributed by atoms with Crippen LogP contribution in [0, 0.1) is 11.3 Å². The zero-order chi connectivity index (χ0) is 29.1. The summed E-state index contributed by atoms with van der Waals surface area (Å²) in [6.45, 7) is 12.5. The molecule has 11 heteroatoms. The van der Waals surface area contributed by atoms with Crippen LogP contribution in [0.2, 0.25) is 38.8 Å². The lowest BCUT2D eigenvalue weighted by Crippen LogP contribution is -2.55. The van der Waals surface area contributed by atoms with Crippen LogP contribution in [0.5, 0.6) is 5.75 Å². The van der Waals surface area contributed by atoms with E-state index in [2.05, 4.69) is 6.55 Å². The maximum absolute atomic E-state index is 12.5. The summed E-state index contributed by atoms with van der Waals surface area (Å²) >= 11 is 0. The SMILES string of the molecule is CCOC(=O)/C(C#N)=C(\c1ccccc1)c1ccc(OCCC[Si](C)(O[Si](C)(C)OC)O[Si](C)(C)OC)cc1. The number of hydrogen-bond acceptors (Lipinski definition) is 8. The molecule has 0 atom stereocenters. The first-order valence-corrected chi connectivity index (χ1v) is 21.2. The quantitative estimate of drug-likeness (QED) is 0.0805. The molecule has 0 heterocycles. The van der Waals surface area contributed by atoms with Crippen LogP contribution in [0.3, 0.4) is 0 Å². The summed E-state index contributed by atoms with van der Waals surface area (Å²) in [4.78, 5) is 12.5. The second kappa shape index (κ2) is 14.7. The molecule has 0 aliphatic rings. The van der Waals surface area contributed by atoms with Crippen molar-refractivity contribution in [3.63, 3.8) is 0 Å². The molecular weight excluding hydrogens is 547 g/mol. The Bertz CT molecular complexity index is 1130. The zero-order valence-corrected chi connectivity index (χ0v) is 27.3. The van der Waals surface area contributed by atoms with Crippen LogP contribution in [0.15, 0.2) is 60.2 Å². The van der Waals surface area contributed by atoms with Crippen molar-refractivity contribution in [1.29, 1.82) is 5.26 Å². The summed E-state index contributed by atoms with van der Waals surface area (Å²) in [5, 5.41) is 9.79. The fourth-order valence-electron chi connectivity index (χ4n) is 4.01. The lowest BCUT2D eigenvalue weighted by Gasteiger charge is -2.38. The van der Waals surface area contributed by atoms with Crippen molar-refractivity contribution in [2.45, 2.75) is 52.1 Å². The summed E-state index contributed by atoms with van der Waals surface area (Å²) in [5.41, 5.74) is 1.96. The summed E-state index contributed by atoms with van der Waals surface area (Å²) in [6.07, 6.45) is 0.740. The van der Waals surface area contributed by atoms with Crippen LogP contribution in [0.25, 0.3) is 5.57 Å². The van der Waals surface area contributed by atoms with Gasteiger partial charge in [-0.1, -0.05) is 42.5 Å². The number of carbonyl (C=O) groups excluding carboxylic acids is 1. The minimum atomic E-state index is -2.58. The molecule has 0 spiro atoms. The molecule has 0 saturated heterocycles. The maximum atomic E-state index is 12.5. The molecule has 2 rings (SSSR count). The number of benzene rings is 2. The van der Waals surface area contributed by atoms with Crippen LogP contribution in [-0.2, 0) is 26.6 Å². The normalized spacial score (nSPS) is 12.9. The molecule has 39 heavy (non-hydrogen) atoms. The van der Waals surface area contributed by atoms with Crippen LogP contribution in [0.4, 0.5) is 0 Å². The topological polar surface area (TPSA) is 96.2 Å². The standard InChI is InChI=1S/C28H41NO7Si3/c1-9-33-28(30)26(22-29)27(23-14-11-10-12-15-23)24-16-18-25(19-17-24)34-20-13-21-39(8,35-37(4,5)31-2)36-38(6,7)32-3/h10-12,14-19H,9,13,20-21H2,1-8H3/b27-26+. The third-order valence-corrected chi connectivity index (χ3v) is 16.6. The highest BCUT2D eigenvalue weighted by Crippen LogP contribution is 2.30. The van der Waals surface area contributed by atoms with E-state index in [1.54, 1.807) is 21.1 Å². The summed E-state index contributed by atoms with van der Waals surface area (Å²) in [5.74, 6) is 0.0412.